The number of carboxylic acid groups (broad SMARTS) is 1. The van der Waals surface area contributed by atoms with Gasteiger partial charge in [-0.2, -0.15) is 0 Å². The highest BCUT2D eigenvalue weighted by atomic mass is 16.4. The van der Waals surface area contributed by atoms with Crippen LogP contribution in [0.5, 0.6) is 0 Å². The number of aliphatic carboxylic acids is 1. The normalized spacial score (nSPS) is 10.7. The average molecular weight is 223 g/mol. The Morgan fingerprint density at radius 3 is 2.75 bits per heavy atom. The topological polar surface area (TPSA) is 59.3 Å². The van der Waals surface area contributed by atoms with Gasteiger partial charge in [-0.1, -0.05) is 19.9 Å². The Morgan fingerprint density at radius 1 is 1.50 bits per heavy atom. The lowest BCUT2D eigenvalue weighted by Crippen LogP contribution is -2.25. The van der Waals surface area contributed by atoms with Crippen LogP contribution >= 0.6 is 0 Å². The van der Waals surface area contributed by atoms with Gasteiger partial charge in [0.25, 0.3) is 5.56 Å². The molecule has 0 spiro atoms. The summed E-state index contributed by atoms with van der Waals surface area (Å²) in [7, 11) is 0. The summed E-state index contributed by atoms with van der Waals surface area (Å²) in [6.45, 7) is 4.82. The third-order valence-electron chi connectivity index (χ3n) is 2.39. The number of hydrogen-bond donors (Lipinski definition) is 1. The third-order valence-corrected chi connectivity index (χ3v) is 2.39. The molecule has 0 aliphatic heterocycles. The first-order chi connectivity index (χ1) is 7.50. The molecule has 0 fully saturated rings. The Bertz CT molecular complexity index is 421. The maximum Gasteiger partial charge on any atom is 0.308 e. The first-order valence-electron chi connectivity index (χ1n) is 5.41. The number of aromatic nitrogens is 1. The van der Waals surface area contributed by atoms with Gasteiger partial charge in [0.05, 0.1) is 6.42 Å². The maximum atomic E-state index is 11.8. The zero-order chi connectivity index (χ0) is 12.1. The van der Waals surface area contributed by atoms with Gasteiger partial charge in [0.2, 0.25) is 0 Å². The zero-order valence-corrected chi connectivity index (χ0v) is 9.64. The van der Waals surface area contributed by atoms with Crippen molar-refractivity contribution in [3.05, 3.63) is 34.2 Å². The lowest BCUT2D eigenvalue weighted by atomic mass is 10.1. The fraction of sp³-hybridized carbons (Fsp3) is 0.500. The van der Waals surface area contributed by atoms with Crippen LogP contribution in [-0.4, -0.2) is 15.6 Å². The van der Waals surface area contributed by atoms with Crippen molar-refractivity contribution in [3.63, 3.8) is 0 Å². The van der Waals surface area contributed by atoms with E-state index in [0.717, 1.165) is 6.42 Å². The third kappa shape index (κ3) is 3.53. The number of nitrogens with zero attached hydrogens (tertiary/aromatic N) is 1. The molecule has 0 saturated carbocycles. The minimum absolute atomic E-state index is 0.189. The van der Waals surface area contributed by atoms with Gasteiger partial charge < -0.3 is 9.67 Å². The maximum absolute atomic E-state index is 11.8. The van der Waals surface area contributed by atoms with Crippen molar-refractivity contribution in [1.29, 1.82) is 0 Å². The van der Waals surface area contributed by atoms with E-state index in [0.29, 0.717) is 18.0 Å². The predicted octanol–water partition coefficient (Wildman–Crippen LogP) is 1.52. The fourth-order valence-corrected chi connectivity index (χ4v) is 1.46. The summed E-state index contributed by atoms with van der Waals surface area (Å²) in [6, 6.07) is 3.29. The van der Waals surface area contributed by atoms with Crippen LogP contribution in [0.4, 0.5) is 0 Å². The molecule has 0 atom stereocenters. The molecule has 1 rings (SSSR count). The predicted molar refractivity (Wildman–Crippen MR) is 61.5 cm³/mol. The molecule has 0 amide bonds. The highest BCUT2D eigenvalue weighted by Gasteiger charge is 2.07. The van der Waals surface area contributed by atoms with E-state index >= 15 is 0 Å². The first-order valence-corrected chi connectivity index (χ1v) is 5.41. The van der Waals surface area contributed by atoms with Gasteiger partial charge >= 0.3 is 5.97 Å². The highest BCUT2D eigenvalue weighted by Crippen LogP contribution is 2.01. The van der Waals surface area contributed by atoms with Crippen molar-refractivity contribution >= 4 is 5.97 Å². The molecule has 0 aromatic carbocycles. The number of aryl methyl sites for hydroxylation is 1. The molecule has 0 bridgehead atoms. The fourth-order valence-electron chi connectivity index (χ4n) is 1.46. The Balaban J connectivity index is 2.86. The molecule has 0 aliphatic rings. The summed E-state index contributed by atoms with van der Waals surface area (Å²) >= 11 is 0. The number of carbonyl (C=O) groups is 1. The Hall–Kier alpha value is -1.58. The van der Waals surface area contributed by atoms with E-state index in [9.17, 15) is 9.59 Å². The Morgan fingerprint density at radius 2 is 2.19 bits per heavy atom. The van der Waals surface area contributed by atoms with E-state index in [-0.39, 0.29) is 12.0 Å². The van der Waals surface area contributed by atoms with Crippen LogP contribution in [0.1, 0.15) is 25.8 Å². The Kier molecular flexibility index (Phi) is 4.28. The standard InChI is InChI=1S/C12H17NO3/c1-9(2)5-7-13-6-3-4-10(12(13)16)8-11(14)15/h3-4,6,9H,5,7-8H2,1-2H3,(H,14,15). The smallest absolute Gasteiger partial charge is 0.308 e. The van der Waals surface area contributed by atoms with E-state index in [1.54, 1.807) is 22.9 Å². The van der Waals surface area contributed by atoms with Crippen LogP contribution in [0.15, 0.2) is 23.1 Å². The van der Waals surface area contributed by atoms with Gasteiger partial charge in [0.1, 0.15) is 0 Å². The molecule has 0 aliphatic carbocycles. The van der Waals surface area contributed by atoms with Crippen molar-refractivity contribution in [1.82, 2.24) is 4.57 Å². The minimum atomic E-state index is -0.973. The molecular formula is C12H17NO3. The summed E-state index contributed by atoms with van der Waals surface area (Å²) in [5.74, 6) is -0.450. The van der Waals surface area contributed by atoms with Gasteiger partial charge in [-0.3, -0.25) is 9.59 Å². The van der Waals surface area contributed by atoms with Crippen LogP contribution < -0.4 is 5.56 Å². The molecule has 1 heterocycles. The van der Waals surface area contributed by atoms with E-state index in [1.807, 2.05) is 0 Å². The van der Waals surface area contributed by atoms with E-state index in [1.165, 1.54) is 0 Å². The Labute approximate surface area is 94.5 Å². The first kappa shape index (κ1) is 12.5. The second-order valence-corrected chi connectivity index (χ2v) is 4.29. The van der Waals surface area contributed by atoms with E-state index in [4.69, 9.17) is 5.11 Å². The molecule has 1 aromatic heterocycles. The molecule has 4 nitrogen and oxygen atoms in total. The van der Waals surface area contributed by atoms with Crippen LogP contribution in [-0.2, 0) is 17.8 Å². The molecule has 1 N–H and O–H groups in total. The quantitative estimate of drug-likeness (QED) is 0.823. The lowest BCUT2D eigenvalue weighted by molar-refractivity contribution is -0.136. The van der Waals surface area contributed by atoms with Gasteiger partial charge in [-0.25, -0.2) is 0 Å². The molecule has 16 heavy (non-hydrogen) atoms. The summed E-state index contributed by atoms with van der Waals surface area (Å²) in [5, 5.41) is 8.65. The van der Waals surface area contributed by atoms with Crippen molar-refractivity contribution in [3.8, 4) is 0 Å². The van der Waals surface area contributed by atoms with Gasteiger partial charge in [-0.15, -0.1) is 0 Å². The number of rotatable bonds is 5. The number of hydrogen-bond acceptors (Lipinski definition) is 2. The van der Waals surface area contributed by atoms with Gasteiger partial charge in [0, 0.05) is 18.3 Å². The molecule has 0 unspecified atom stereocenters. The highest BCUT2D eigenvalue weighted by molar-refractivity contribution is 5.69. The SMILES string of the molecule is CC(C)CCn1cccc(CC(=O)O)c1=O. The summed E-state index contributed by atoms with van der Waals surface area (Å²) in [5.41, 5.74) is 0.157. The lowest BCUT2D eigenvalue weighted by Gasteiger charge is -2.08. The van der Waals surface area contributed by atoms with Crippen molar-refractivity contribution in [2.24, 2.45) is 5.92 Å². The van der Waals surface area contributed by atoms with Crippen molar-refractivity contribution < 1.29 is 9.90 Å². The van der Waals surface area contributed by atoms with Gasteiger partial charge in [-0.05, 0) is 18.4 Å². The summed E-state index contributed by atoms with van der Waals surface area (Å²) in [6.07, 6.45) is 2.41. The van der Waals surface area contributed by atoms with E-state index < -0.39 is 5.97 Å². The minimum Gasteiger partial charge on any atom is -0.481 e. The molecule has 1 aromatic rings. The largest absolute Gasteiger partial charge is 0.481 e. The van der Waals surface area contributed by atoms with E-state index in [2.05, 4.69) is 13.8 Å². The molecule has 4 heteroatoms. The van der Waals surface area contributed by atoms with Gasteiger partial charge in [0.15, 0.2) is 0 Å². The average Bonchev–Trinajstić information content (AvgIpc) is 2.18. The van der Waals surface area contributed by atoms with Crippen molar-refractivity contribution in [2.45, 2.75) is 33.2 Å². The molecule has 0 saturated heterocycles. The second kappa shape index (κ2) is 5.49. The summed E-state index contributed by atoms with van der Waals surface area (Å²) in [4.78, 5) is 22.4. The number of pyridine rings is 1. The zero-order valence-electron chi connectivity index (χ0n) is 9.64. The van der Waals surface area contributed by atoms with Crippen molar-refractivity contribution in [2.75, 3.05) is 0 Å². The molecular weight excluding hydrogens is 206 g/mol. The monoisotopic (exact) mass is 223 g/mol. The second-order valence-electron chi connectivity index (χ2n) is 4.29. The molecule has 88 valence electrons. The summed E-state index contributed by atoms with van der Waals surface area (Å²) < 4.78 is 1.58. The van der Waals surface area contributed by atoms with Crippen LogP contribution in [0.3, 0.4) is 0 Å². The number of carboxylic acids is 1. The van der Waals surface area contributed by atoms with Crippen LogP contribution in [0.25, 0.3) is 0 Å². The van der Waals surface area contributed by atoms with Crippen LogP contribution in [0.2, 0.25) is 0 Å². The molecule has 0 radical (unpaired) electrons. The van der Waals surface area contributed by atoms with Crippen LogP contribution in [0, 0.1) is 5.92 Å².